The van der Waals surface area contributed by atoms with Gasteiger partial charge in [-0.1, -0.05) is 0 Å². The molecular formula is C17H25NO6. The molecule has 1 amide bonds. The normalized spacial score (nSPS) is 13.6. The molecule has 1 aromatic carbocycles. The molecule has 0 aromatic heterocycles. The number of benzene rings is 1. The Morgan fingerprint density at radius 3 is 1.92 bits per heavy atom. The summed E-state index contributed by atoms with van der Waals surface area (Å²) >= 11 is 0. The Kier molecular flexibility index (Phi) is 5.71. The fraction of sp³-hybridized carbons (Fsp3) is 0.529. The second-order valence-electron chi connectivity index (χ2n) is 6.53. The standard InChI is InChI=1S/C17H25NO6/c1-16(2,3)24-15(21)18(5)17(4,10-19)11-8-12(22-6)14(20)13(9-11)23-7/h8-10,20H,1-7H3. The van der Waals surface area contributed by atoms with Gasteiger partial charge in [-0.05, 0) is 45.4 Å². The van der Waals surface area contributed by atoms with Crippen LogP contribution in [0.15, 0.2) is 12.1 Å². The maximum Gasteiger partial charge on any atom is 0.411 e. The van der Waals surface area contributed by atoms with Crippen LogP contribution in [-0.2, 0) is 15.1 Å². The molecular weight excluding hydrogens is 314 g/mol. The molecule has 0 radical (unpaired) electrons. The van der Waals surface area contributed by atoms with Crippen molar-refractivity contribution in [1.29, 1.82) is 0 Å². The summed E-state index contributed by atoms with van der Waals surface area (Å²) in [4.78, 5) is 25.4. The lowest BCUT2D eigenvalue weighted by atomic mass is 9.91. The lowest BCUT2D eigenvalue weighted by Crippen LogP contribution is -2.48. The van der Waals surface area contributed by atoms with Crippen LogP contribution in [0.25, 0.3) is 0 Å². The largest absolute Gasteiger partial charge is 0.502 e. The van der Waals surface area contributed by atoms with Crippen LogP contribution >= 0.6 is 0 Å². The van der Waals surface area contributed by atoms with Crippen molar-refractivity contribution in [3.8, 4) is 17.2 Å². The number of aromatic hydroxyl groups is 1. The number of amides is 1. The van der Waals surface area contributed by atoms with E-state index in [1.807, 2.05) is 0 Å². The van der Waals surface area contributed by atoms with Gasteiger partial charge in [-0.3, -0.25) is 4.90 Å². The van der Waals surface area contributed by atoms with E-state index in [0.717, 1.165) is 0 Å². The number of aldehydes is 1. The number of methoxy groups -OCH3 is 2. The number of hydrogen-bond donors (Lipinski definition) is 1. The van der Waals surface area contributed by atoms with Gasteiger partial charge in [0.2, 0.25) is 5.75 Å². The number of nitrogens with zero attached hydrogens (tertiary/aromatic N) is 1. The molecule has 1 atom stereocenters. The number of phenolic OH excluding ortho intramolecular Hbond substituents is 1. The average molecular weight is 339 g/mol. The lowest BCUT2D eigenvalue weighted by Gasteiger charge is -2.36. The molecule has 0 saturated carbocycles. The smallest absolute Gasteiger partial charge is 0.411 e. The van der Waals surface area contributed by atoms with E-state index in [2.05, 4.69) is 0 Å². The van der Waals surface area contributed by atoms with Crippen LogP contribution in [0, 0.1) is 0 Å². The van der Waals surface area contributed by atoms with E-state index in [4.69, 9.17) is 14.2 Å². The zero-order valence-electron chi connectivity index (χ0n) is 15.2. The fourth-order valence-corrected chi connectivity index (χ4v) is 2.05. The maximum atomic E-state index is 12.3. The molecule has 24 heavy (non-hydrogen) atoms. The molecule has 0 spiro atoms. The third kappa shape index (κ3) is 3.90. The summed E-state index contributed by atoms with van der Waals surface area (Å²) in [6.07, 6.45) is -0.0227. The number of rotatable bonds is 5. The average Bonchev–Trinajstić information content (AvgIpc) is 2.51. The van der Waals surface area contributed by atoms with Gasteiger partial charge in [-0.25, -0.2) is 4.79 Å². The van der Waals surface area contributed by atoms with E-state index in [1.54, 1.807) is 27.7 Å². The first-order valence-electron chi connectivity index (χ1n) is 7.38. The Morgan fingerprint density at radius 2 is 1.58 bits per heavy atom. The van der Waals surface area contributed by atoms with Crippen molar-refractivity contribution >= 4 is 12.4 Å². The molecule has 0 bridgehead atoms. The predicted molar refractivity (Wildman–Crippen MR) is 88.6 cm³/mol. The Bertz CT molecular complexity index is 597. The van der Waals surface area contributed by atoms with Crippen LogP contribution in [0.1, 0.15) is 33.3 Å². The number of ether oxygens (including phenoxy) is 3. The molecule has 0 heterocycles. The van der Waals surface area contributed by atoms with E-state index < -0.39 is 17.2 Å². The van der Waals surface area contributed by atoms with Crippen molar-refractivity contribution in [2.24, 2.45) is 0 Å². The van der Waals surface area contributed by atoms with Gasteiger partial charge >= 0.3 is 6.09 Å². The summed E-state index contributed by atoms with van der Waals surface area (Å²) in [7, 11) is 4.23. The topological polar surface area (TPSA) is 85.3 Å². The van der Waals surface area contributed by atoms with E-state index in [1.165, 1.54) is 38.3 Å². The highest BCUT2D eigenvalue weighted by molar-refractivity contribution is 5.78. The van der Waals surface area contributed by atoms with E-state index in [9.17, 15) is 14.7 Å². The van der Waals surface area contributed by atoms with Crippen molar-refractivity contribution in [1.82, 2.24) is 4.90 Å². The summed E-state index contributed by atoms with van der Waals surface area (Å²) in [6, 6.07) is 2.96. The number of likely N-dealkylation sites (N-methyl/N-ethyl adjacent to an activating group) is 1. The van der Waals surface area contributed by atoms with Gasteiger partial charge in [-0.2, -0.15) is 0 Å². The third-order valence-electron chi connectivity index (χ3n) is 3.66. The summed E-state index contributed by atoms with van der Waals surface area (Å²) in [5.74, 6) is 0.0851. The summed E-state index contributed by atoms with van der Waals surface area (Å²) < 4.78 is 15.5. The third-order valence-corrected chi connectivity index (χ3v) is 3.66. The fourth-order valence-electron chi connectivity index (χ4n) is 2.05. The molecule has 0 fully saturated rings. The molecule has 7 nitrogen and oxygen atoms in total. The van der Waals surface area contributed by atoms with Gasteiger partial charge < -0.3 is 24.1 Å². The number of phenols is 1. The molecule has 7 heteroatoms. The van der Waals surface area contributed by atoms with Crippen LogP contribution in [0.2, 0.25) is 0 Å². The van der Waals surface area contributed by atoms with Crippen LogP contribution in [0.3, 0.4) is 0 Å². The Labute approximate surface area is 142 Å². The highest BCUT2D eigenvalue weighted by atomic mass is 16.6. The van der Waals surface area contributed by atoms with Crippen LogP contribution in [0.5, 0.6) is 17.2 Å². The Balaban J connectivity index is 3.37. The Hall–Kier alpha value is -2.44. The molecule has 0 aliphatic rings. The first-order chi connectivity index (χ1) is 11.0. The minimum absolute atomic E-state index is 0.134. The minimum Gasteiger partial charge on any atom is -0.502 e. The predicted octanol–water partition coefficient (Wildman–Crippen LogP) is 2.69. The molecule has 0 aliphatic heterocycles. The second-order valence-corrected chi connectivity index (χ2v) is 6.53. The van der Waals surface area contributed by atoms with E-state index in [-0.39, 0.29) is 17.2 Å². The summed E-state index contributed by atoms with van der Waals surface area (Å²) in [5.41, 5.74) is -1.62. The molecule has 1 aromatic rings. The highest BCUT2D eigenvalue weighted by Crippen LogP contribution is 2.41. The Morgan fingerprint density at radius 1 is 1.12 bits per heavy atom. The SMILES string of the molecule is COc1cc(C(C)(C=O)N(C)C(=O)OC(C)(C)C)cc(OC)c1O. The zero-order valence-corrected chi connectivity index (χ0v) is 15.2. The first-order valence-corrected chi connectivity index (χ1v) is 7.38. The molecule has 134 valence electrons. The number of carbonyl (C=O) groups excluding carboxylic acids is 2. The van der Waals surface area contributed by atoms with Crippen LogP contribution < -0.4 is 9.47 Å². The van der Waals surface area contributed by atoms with Crippen LogP contribution in [0.4, 0.5) is 4.79 Å². The zero-order chi connectivity index (χ0) is 18.7. The van der Waals surface area contributed by atoms with Crippen molar-refractivity contribution < 1.29 is 28.9 Å². The van der Waals surface area contributed by atoms with E-state index >= 15 is 0 Å². The van der Waals surface area contributed by atoms with Crippen molar-refractivity contribution in [3.05, 3.63) is 17.7 Å². The van der Waals surface area contributed by atoms with Gasteiger partial charge in [-0.15, -0.1) is 0 Å². The monoisotopic (exact) mass is 339 g/mol. The molecule has 0 saturated heterocycles. The van der Waals surface area contributed by atoms with Gasteiger partial charge in [0.25, 0.3) is 0 Å². The van der Waals surface area contributed by atoms with Gasteiger partial charge in [0.1, 0.15) is 17.4 Å². The van der Waals surface area contributed by atoms with Crippen molar-refractivity contribution in [3.63, 3.8) is 0 Å². The lowest BCUT2D eigenvalue weighted by molar-refractivity contribution is -0.117. The number of carbonyl (C=O) groups is 2. The van der Waals surface area contributed by atoms with E-state index in [0.29, 0.717) is 11.8 Å². The summed E-state index contributed by atoms with van der Waals surface area (Å²) in [5, 5.41) is 10.0. The van der Waals surface area contributed by atoms with Crippen molar-refractivity contribution in [2.75, 3.05) is 21.3 Å². The van der Waals surface area contributed by atoms with Crippen molar-refractivity contribution in [2.45, 2.75) is 38.8 Å². The second kappa shape index (κ2) is 6.98. The van der Waals surface area contributed by atoms with Gasteiger partial charge in [0.15, 0.2) is 11.5 Å². The maximum absolute atomic E-state index is 12.3. The van der Waals surface area contributed by atoms with Gasteiger partial charge in [0, 0.05) is 7.05 Å². The minimum atomic E-state index is -1.34. The van der Waals surface area contributed by atoms with Crippen LogP contribution in [-0.4, -0.2) is 49.3 Å². The quantitative estimate of drug-likeness (QED) is 0.830. The molecule has 1 rings (SSSR count). The van der Waals surface area contributed by atoms with Gasteiger partial charge in [0.05, 0.1) is 14.2 Å². The molecule has 0 aliphatic carbocycles. The molecule has 1 unspecified atom stereocenters. The number of hydrogen-bond acceptors (Lipinski definition) is 6. The molecule has 1 N–H and O–H groups in total. The first kappa shape index (κ1) is 19.6. The highest BCUT2D eigenvalue weighted by Gasteiger charge is 2.38. The summed E-state index contributed by atoms with van der Waals surface area (Å²) in [6.45, 7) is 6.78.